The molecule has 14 heavy (non-hydrogen) atoms. The van der Waals surface area contributed by atoms with Gasteiger partial charge in [0.1, 0.15) is 0 Å². The Morgan fingerprint density at radius 3 is 2.93 bits per heavy atom. The average Bonchev–Trinajstić information content (AvgIpc) is 2.64. The van der Waals surface area contributed by atoms with Crippen LogP contribution in [-0.4, -0.2) is 21.6 Å². The third-order valence-electron chi connectivity index (χ3n) is 2.18. The Hall–Kier alpha value is -1.43. The van der Waals surface area contributed by atoms with Crippen LogP contribution in [0.25, 0.3) is 0 Å². The summed E-state index contributed by atoms with van der Waals surface area (Å²) in [5.74, 6) is 0.322. The lowest BCUT2D eigenvalue weighted by atomic mass is 10.2. The van der Waals surface area contributed by atoms with Crippen molar-refractivity contribution >= 4 is 11.9 Å². The van der Waals surface area contributed by atoms with E-state index in [1.807, 2.05) is 0 Å². The summed E-state index contributed by atoms with van der Waals surface area (Å²) in [4.78, 5) is 15.2. The molecule has 0 radical (unpaired) electrons. The number of carbonyl (C=O) groups is 1. The number of nitrogens with one attached hydrogen (secondary N) is 1. The van der Waals surface area contributed by atoms with Gasteiger partial charge in [0.15, 0.2) is 5.82 Å². The van der Waals surface area contributed by atoms with Crippen LogP contribution >= 0.6 is 0 Å². The summed E-state index contributed by atoms with van der Waals surface area (Å²) in [7, 11) is 0. The van der Waals surface area contributed by atoms with Crippen molar-refractivity contribution in [2.45, 2.75) is 31.7 Å². The van der Waals surface area contributed by atoms with Crippen molar-refractivity contribution in [3.05, 3.63) is 5.82 Å². The van der Waals surface area contributed by atoms with Gasteiger partial charge in [-0.05, 0) is 19.8 Å². The fourth-order valence-electron chi connectivity index (χ4n) is 1.17. The first-order valence-corrected chi connectivity index (χ1v) is 4.46. The maximum absolute atomic E-state index is 11.4. The van der Waals surface area contributed by atoms with Crippen LogP contribution in [0.15, 0.2) is 4.52 Å². The minimum absolute atomic E-state index is 0.136. The van der Waals surface area contributed by atoms with Crippen LogP contribution in [0, 0.1) is 6.92 Å². The highest BCUT2D eigenvalue weighted by Gasteiger charge is 2.40. The van der Waals surface area contributed by atoms with Gasteiger partial charge >= 0.3 is 6.01 Å². The number of anilines is 1. The van der Waals surface area contributed by atoms with E-state index in [1.165, 1.54) is 0 Å². The second-order valence-electron chi connectivity index (χ2n) is 3.73. The maximum atomic E-state index is 11.4. The molecule has 1 heterocycles. The number of aromatic nitrogens is 2. The Morgan fingerprint density at radius 2 is 2.43 bits per heavy atom. The molecule has 0 aromatic carbocycles. The molecular weight excluding hydrogens is 184 g/mol. The fraction of sp³-hybridized carbons (Fsp3) is 0.625. The molecule has 1 aromatic heterocycles. The zero-order chi connectivity index (χ0) is 10.2. The van der Waals surface area contributed by atoms with E-state index in [9.17, 15) is 4.79 Å². The predicted octanol–water partition coefficient (Wildman–Crippen LogP) is 0.198. The highest BCUT2D eigenvalue weighted by Crippen LogP contribution is 2.35. The number of nitrogens with zero attached hydrogens (tertiary/aromatic N) is 2. The molecule has 1 aliphatic rings. The third kappa shape index (κ3) is 2.08. The first-order valence-electron chi connectivity index (χ1n) is 4.46. The Balaban J connectivity index is 1.88. The molecular formula is C8H12N4O2. The molecule has 6 heteroatoms. The minimum Gasteiger partial charge on any atom is -0.325 e. The van der Waals surface area contributed by atoms with Gasteiger partial charge in [0.25, 0.3) is 0 Å². The van der Waals surface area contributed by atoms with Crippen molar-refractivity contribution in [3.63, 3.8) is 0 Å². The predicted molar refractivity (Wildman–Crippen MR) is 48.4 cm³/mol. The lowest BCUT2D eigenvalue weighted by molar-refractivity contribution is -0.116. The SMILES string of the molecule is Cc1noc(NC(=O)CC2(N)CC2)n1. The molecule has 0 saturated heterocycles. The molecule has 0 unspecified atom stereocenters. The van der Waals surface area contributed by atoms with Crippen molar-refractivity contribution in [3.8, 4) is 0 Å². The van der Waals surface area contributed by atoms with Gasteiger partial charge in [-0.25, -0.2) is 0 Å². The second-order valence-corrected chi connectivity index (χ2v) is 3.73. The summed E-state index contributed by atoms with van der Waals surface area (Å²) >= 11 is 0. The van der Waals surface area contributed by atoms with E-state index >= 15 is 0 Å². The fourth-order valence-corrected chi connectivity index (χ4v) is 1.17. The van der Waals surface area contributed by atoms with Gasteiger partial charge in [0.05, 0.1) is 0 Å². The van der Waals surface area contributed by atoms with Crippen LogP contribution in [0.4, 0.5) is 6.01 Å². The summed E-state index contributed by atoms with van der Waals surface area (Å²) < 4.78 is 4.74. The molecule has 76 valence electrons. The van der Waals surface area contributed by atoms with E-state index in [1.54, 1.807) is 6.92 Å². The van der Waals surface area contributed by atoms with Gasteiger partial charge in [-0.2, -0.15) is 4.98 Å². The zero-order valence-corrected chi connectivity index (χ0v) is 7.91. The summed E-state index contributed by atoms with van der Waals surface area (Å²) in [5.41, 5.74) is 5.49. The monoisotopic (exact) mass is 196 g/mol. The molecule has 0 bridgehead atoms. The number of rotatable bonds is 3. The number of nitrogens with two attached hydrogens (primary N) is 1. The van der Waals surface area contributed by atoms with Gasteiger partial charge in [-0.15, -0.1) is 0 Å². The lowest BCUT2D eigenvalue weighted by Crippen LogP contribution is -2.28. The normalized spacial score (nSPS) is 17.9. The Kier molecular flexibility index (Phi) is 1.99. The van der Waals surface area contributed by atoms with Crippen LogP contribution in [0.3, 0.4) is 0 Å². The summed E-state index contributed by atoms with van der Waals surface area (Å²) in [6, 6.07) is 0.136. The van der Waals surface area contributed by atoms with Crippen LogP contribution in [0.1, 0.15) is 25.1 Å². The van der Waals surface area contributed by atoms with Gasteiger partial charge in [0.2, 0.25) is 5.91 Å². The lowest BCUT2D eigenvalue weighted by Gasteiger charge is -2.05. The van der Waals surface area contributed by atoms with Crippen LogP contribution in [0.2, 0.25) is 0 Å². The van der Waals surface area contributed by atoms with E-state index in [4.69, 9.17) is 10.3 Å². The number of hydrogen-bond donors (Lipinski definition) is 2. The van der Waals surface area contributed by atoms with E-state index in [-0.39, 0.29) is 17.5 Å². The van der Waals surface area contributed by atoms with Crippen molar-refractivity contribution in [1.29, 1.82) is 0 Å². The molecule has 1 aromatic rings. The summed E-state index contributed by atoms with van der Waals surface area (Å²) in [6.07, 6.45) is 2.13. The number of carbonyl (C=O) groups excluding carboxylic acids is 1. The topological polar surface area (TPSA) is 94.0 Å². The Labute approximate surface area is 80.9 Å². The third-order valence-corrected chi connectivity index (χ3v) is 2.18. The molecule has 0 atom stereocenters. The van der Waals surface area contributed by atoms with Gasteiger partial charge in [0, 0.05) is 12.0 Å². The first-order chi connectivity index (χ1) is 6.57. The van der Waals surface area contributed by atoms with Gasteiger partial charge < -0.3 is 10.3 Å². The first kappa shape index (κ1) is 9.14. The average molecular weight is 196 g/mol. The van der Waals surface area contributed by atoms with Crippen LogP contribution < -0.4 is 11.1 Å². The van der Waals surface area contributed by atoms with E-state index < -0.39 is 0 Å². The number of hydrogen-bond acceptors (Lipinski definition) is 5. The quantitative estimate of drug-likeness (QED) is 0.720. The molecule has 6 nitrogen and oxygen atoms in total. The van der Waals surface area contributed by atoms with Crippen LogP contribution in [-0.2, 0) is 4.79 Å². The Morgan fingerprint density at radius 1 is 1.71 bits per heavy atom. The summed E-state index contributed by atoms with van der Waals surface area (Å²) in [6.45, 7) is 1.68. The van der Waals surface area contributed by atoms with Crippen molar-refractivity contribution in [2.24, 2.45) is 5.73 Å². The van der Waals surface area contributed by atoms with E-state index in [0.29, 0.717) is 12.2 Å². The van der Waals surface area contributed by atoms with Gasteiger partial charge in [-0.1, -0.05) is 5.16 Å². The molecule has 1 amide bonds. The molecule has 1 saturated carbocycles. The second kappa shape index (κ2) is 3.06. The largest absolute Gasteiger partial charge is 0.328 e. The smallest absolute Gasteiger partial charge is 0.325 e. The zero-order valence-electron chi connectivity index (χ0n) is 7.91. The highest BCUT2D eigenvalue weighted by molar-refractivity contribution is 5.89. The number of aryl methyl sites for hydroxylation is 1. The highest BCUT2D eigenvalue weighted by atomic mass is 16.5. The molecule has 0 aliphatic heterocycles. The number of amides is 1. The molecule has 1 aliphatic carbocycles. The minimum atomic E-state index is -0.293. The molecule has 3 N–H and O–H groups in total. The van der Waals surface area contributed by atoms with Crippen molar-refractivity contribution < 1.29 is 9.32 Å². The molecule has 0 spiro atoms. The van der Waals surface area contributed by atoms with Crippen LogP contribution in [0.5, 0.6) is 0 Å². The van der Waals surface area contributed by atoms with Gasteiger partial charge in [-0.3, -0.25) is 10.1 Å². The van der Waals surface area contributed by atoms with Crippen molar-refractivity contribution in [2.75, 3.05) is 5.32 Å². The molecule has 2 rings (SSSR count). The maximum Gasteiger partial charge on any atom is 0.328 e. The standard InChI is InChI=1S/C8H12N4O2/c1-5-10-7(14-12-5)11-6(13)4-8(9)2-3-8/h2-4,9H2,1H3,(H,10,11,12,13). The van der Waals surface area contributed by atoms with E-state index in [0.717, 1.165) is 12.8 Å². The molecule has 1 fully saturated rings. The summed E-state index contributed by atoms with van der Waals surface area (Å²) in [5, 5.41) is 6.05. The Bertz CT molecular complexity index is 356. The van der Waals surface area contributed by atoms with E-state index in [2.05, 4.69) is 15.5 Å². The van der Waals surface area contributed by atoms with Crippen molar-refractivity contribution in [1.82, 2.24) is 10.1 Å².